The lowest BCUT2D eigenvalue weighted by Gasteiger charge is -2.30. The highest BCUT2D eigenvalue weighted by Gasteiger charge is 2.20. The molecule has 1 atom stereocenters. The van der Waals surface area contributed by atoms with Gasteiger partial charge in [-0.25, -0.2) is 0 Å². The third kappa shape index (κ3) is 2.62. The van der Waals surface area contributed by atoms with Crippen molar-refractivity contribution in [1.29, 1.82) is 0 Å². The van der Waals surface area contributed by atoms with Crippen LogP contribution in [0, 0.1) is 6.92 Å². The van der Waals surface area contributed by atoms with Crippen molar-refractivity contribution in [2.75, 3.05) is 45.0 Å². The molecule has 1 N–H and O–H groups in total. The minimum absolute atomic E-state index is 0.239. The average molecular weight is 264 g/mol. The lowest BCUT2D eigenvalue weighted by Crippen LogP contribution is -2.44. The van der Waals surface area contributed by atoms with Crippen LogP contribution in [0.3, 0.4) is 0 Å². The number of hydrogen-bond acceptors (Lipinski definition) is 5. The number of nitrogens with one attached hydrogen (secondary N) is 1. The van der Waals surface area contributed by atoms with E-state index in [4.69, 9.17) is 14.2 Å². The van der Waals surface area contributed by atoms with Crippen LogP contribution < -0.4 is 19.7 Å². The first-order valence-electron chi connectivity index (χ1n) is 6.68. The van der Waals surface area contributed by atoms with Gasteiger partial charge < -0.3 is 24.4 Å². The third-order valence-electron chi connectivity index (χ3n) is 3.58. The molecule has 2 heterocycles. The van der Waals surface area contributed by atoms with Crippen molar-refractivity contribution in [2.45, 2.75) is 13.0 Å². The predicted octanol–water partition coefficient (Wildman–Crippen LogP) is 1.15. The van der Waals surface area contributed by atoms with Gasteiger partial charge in [0.05, 0.1) is 12.7 Å². The molecule has 0 saturated carbocycles. The number of benzene rings is 1. The number of nitrogens with zero attached hydrogens (tertiary/aromatic N) is 1. The molecule has 0 radical (unpaired) electrons. The van der Waals surface area contributed by atoms with Crippen molar-refractivity contribution in [2.24, 2.45) is 0 Å². The van der Waals surface area contributed by atoms with Gasteiger partial charge in [-0.1, -0.05) is 0 Å². The van der Waals surface area contributed by atoms with Crippen molar-refractivity contribution >= 4 is 5.69 Å². The molecule has 5 nitrogen and oxygen atoms in total. The minimum atomic E-state index is 0.239. The van der Waals surface area contributed by atoms with Crippen LogP contribution in [0.4, 0.5) is 5.69 Å². The topological polar surface area (TPSA) is 43.0 Å². The Bertz CT molecular complexity index is 458. The number of morpholine rings is 1. The van der Waals surface area contributed by atoms with E-state index in [1.54, 1.807) is 0 Å². The smallest absolute Gasteiger partial charge is 0.231 e. The highest BCUT2D eigenvalue weighted by atomic mass is 16.7. The predicted molar refractivity (Wildman–Crippen MR) is 73.2 cm³/mol. The molecule has 1 saturated heterocycles. The van der Waals surface area contributed by atoms with Crippen LogP contribution in [-0.2, 0) is 4.74 Å². The molecule has 5 heteroatoms. The van der Waals surface area contributed by atoms with E-state index in [9.17, 15) is 0 Å². The Morgan fingerprint density at radius 1 is 1.32 bits per heavy atom. The van der Waals surface area contributed by atoms with Crippen LogP contribution in [-0.4, -0.2) is 46.2 Å². The first-order valence-corrected chi connectivity index (χ1v) is 6.68. The number of fused-ring (bicyclic) bond motifs is 1. The molecule has 1 aromatic rings. The number of likely N-dealkylation sites (N-methyl/N-ethyl adjacent to an activating group) is 1. The van der Waals surface area contributed by atoms with Crippen LogP contribution in [0.15, 0.2) is 12.1 Å². The van der Waals surface area contributed by atoms with Crippen molar-refractivity contribution in [3.63, 3.8) is 0 Å². The van der Waals surface area contributed by atoms with Crippen LogP contribution in [0.5, 0.6) is 11.5 Å². The molecule has 1 aromatic carbocycles. The molecule has 2 aliphatic heterocycles. The fraction of sp³-hybridized carbons (Fsp3) is 0.571. The number of anilines is 1. The van der Waals surface area contributed by atoms with Gasteiger partial charge in [0.1, 0.15) is 0 Å². The Morgan fingerprint density at radius 2 is 2.11 bits per heavy atom. The van der Waals surface area contributed by atoms with Gasteiger partial charge in [0.2, 0.25) is 6.79 Å². The summed E-state index contributed by atoms with van der Waals surface area (Å²) in [5, 5.41) is 3.35. The van der Waals surface area contributed by atoms with Gasteiger partial charge in [-0.15, -0.1) is 0 Å². The first kappa shape index (κ1) is 12.6. The van der Waals surface area contributed by atoms with Crippen molar-refractivity contribution in [1.82, 2.24) is 5.32 Å². The maximum absolute atomic E-state index is 5.74. The third-order valence-corrected chi connectivity index (χ3v) is 3.58. The van der Waals surface area contributed by atoms with Gasteiger partial charge in [0.15, 0.2) is 11.5 Å². The van der Waals surface area contributed by atoms with Crippen LogP contribution >= 0.6 is 0 Å². The summed E-state index contributed by atoms with van der Waals surface area (Å²) in [6.07, 6.45) is 0.239. The molecule has 0 aliphatic carbocycles. The molecule has 0 aromatic heterocycles. The van der Waals surface area contributed by atoms with Crippen molar-refractivity contribution < 1.29 is 14.2 Å². The van der Waals surface area contributed by atoms with Gasteiger partial charge in [-0.2, -0.15) is 0 Å². The molecule has 0 bridgehead atoms. The maximum atomic E-state index is 5.74. The highest BCUT2D eigenvalue weighted by Crippen LogP contribution is 2.37. The summed E-state index contributed by atoms with van der Waals surface area (Å²) in [5.41, 5.74) is 2.36. The van der Waals surface area contributed by atoms with Gasteiger partial charge in [0.25, 0.3) is 0 Å². The largest absolute Gasteiger partial charge is 0.454 e. The second-order valence-corrected chi connectivity index (χ2v) is 5.07. The van der Waals surface area contributed by atoms with Crippen LogP contribution in [0.1, 0.15) is 5.56 Å². The molecule has 1 unspecified atom stereocenters. The second-order valence-electron chi connectivity index (χ2n) is 5.07. The molecule has 3 rings (SSSR count). The van der Waals surface area contributed by atoms with Gasteiger partial charge in [0, 0.05) is 38.4 Å². The molecule has 104 valence electrons. The van der Waals surface area contributed by atoms with E-state index in [0.29, 0.717) is 6.79 Å². The average Bonchev–Trinajstić information content (AvgIpc) is 2.86. The monoisotopic (exact) mass is 264 g/mol. The SMILES string of the molecule is Cc1cc2c(cc1N(C)CC1CNCCO1)OCO2. The molecular formula is C14H20N2O3. The Morgan fingerprint density at radius 3 is 2.84 bits per heavy atom. The summed E-state index contributed by atoms with van der Waals surface area (Å²) in [6.45, 7) is 5.93. The zero-order chi connectivity index (χ0) is 13.2. The quantitative estimate of drug-likeness (QED) is 0.887. The standard InChI is InChI=1S/C14H20N2O3/c1-10-5-13-14(19-9-18-13)6-12(10)16(2)8-11-7-15-3-4-17-11/h5-6,11,15H,3-4,7-9H2,1-2H3. The van der Waals surface area contributed by atoms with E-state index in [1.165, 1.54) is 11.3 Å². The van der Waals surface area contributed by atoms with Gasteiger partial charge in [-0.05, 0) is 18.6 Å². The summed E-state index contributed by atoms with van der Waals surface area (Å²) in [4.78, 5) is 2.22. The van der Waals surface area contributed by atoms with E-state index in [0.717, 1.165) is 37.7 Å². The van der Waals surface area contributed by atoms with E-state index in [1.807, 2.05) is 12.1 Å². The number of rotatable bonds is 3. The van der Waals surface area contributed by atoms with Crippen LogP contribution in [0.25, 0.3) is 0 Å². The summed E-state index contributed by atoms with van der Waals surface area (Å²) in [5.74, 6) is 1.67. The molecular weight excluding hydrogens is 244 g/mol. The normalized spacial score (nSPS) is 21.5. The van der Waals surface area contributed by atoms with E-state index >= 15 is 0 Å². The highest BCUT2D eigenvalue weighted by molar-refractivity contribution is 5.62. The molecule has 19 heavy (non-hydrogen) atoms. The maximum Gasteiger partial charge on any atom is 0.231 e. The molecule has 1 fully saturated rings. The van der Waals surface area contributed by atoms with E-state index in [2.05, 4.69) is 24.2 Å². The summed E-state index contributed by atoms with van der Waals surface area (Å²) in [7, 11) is 2.09. The van der Waals surface area contributed by atoms with E-state index in [-0.39, 0.29) is 6.10 Å². The second kappa shape index (κ2) is 5.27. The minimum Gasteiger partial charge on any atom is -0.454 e. The Balaban J connectivity index is 1.73. The molecule has 2 aliphatic rings. The van der Waals surface area contributed by atoms with Crippen molar-refractivity contribution in [3.8, 4) is 11.5 Å². The van der Waals surface area contributed by atoms with E-state index < -0.39 is 0 Å². The fourth-order valence-electron chi connectivity index (χ4n) is 2.58. The Kier molecular flexibility index (Phi) is 3.48. The summed E-state index contributed by atoms with van der Waals surface area (Å²) in [6, 6.07) is 4.09. The lowest BCUT2D eigenvalue weighted by molar-refractivity contribution is 0.0340. The number of aryl methyl sites for hydroxylation is 1. The van der Waals surface area contributed by atoms with Gasteiger partial charge in [-0.3, -0.25) is 0 Å². The summed E-state index contributed by atoms with van der Waals surface area (Å²) >= 11 is 0. The Labute approximate surface area is 113 Å². The summed E-state index contributed by atoms with van der Waals surface area (Å²) < 4.78 is 16.6. The fourth-order valence-corrected chi connectivity index (χ4v) is 2.58. The van der Waals surface area contributed by atoms with Crippen LogP contribution in [0.2, 0.25) is 0 Å². The molecule has 0 amide bonds. The lowest BCUT2D eigenvalue weighted by atomic mass is 10.1. The van der Waals surface area contributed by atoms with Crippen molar-refractivity contribution in [3.05, 3.63) is 17.7 Å². The van der Waals surface area contributed by atoms with Gasteiger partial charge >= 0.3 is 0 Å². The Hall–Kier alpha value is -1.46. The zero-order valence-electron chi connectivity index (χ0n) is 11.4. The zero-order valence-corrected chi connectivity index (χ0v) is 11.4. The number of hydrogen-bond donors (Lipinski definition) is 1. The molecule has 0 spiro atoms. The number of ether oxygens (including phenoxy) is 3. The first-order chi connectivity index (χ1) is 9.24.